The Bertz CT molecular complexity index is 1110. The maximum Gasteiger partial charge on any atom is 0.0969 e. The van der Waals surface area contributed by atoms with E-state index in [9.17, 15) is 0 Å². The molecule has 3 aromatic rings. The SMILES string of the molecule is Cc1cc(C)cc(SC(=C/C(Cl)=C(\Cl)Sc2cc(C)cc(C)c2)Sc2cc(C)cc(C)c2)c1. The molecule has 0 fully saturated rings. The van der Waals surface area contributed by atoms with Crippen molar-refractivity contribution < 1.29 is 0 Å². The lowest BCUT2D eigenvalue weighted by Gasteiger charge is -2.11. The number of thioether (sulfide) groups is 3. The fourth-order valence-corrected chi connectivity index (χ4v) is 7.67. The van der Waals surface area contributed by atoms with E-state index in [0.717, 1.165) is 9.13 Å². The highest BCUT2D eigenvalue weighted by atomic mass is 35.5. The number of aryl methyl sites for hydroxylation is 6. The number of benzene rings is 3. The summed E-state index contributed by atoms with van der Waals surface area (Å²) in [5.74, 6) is 0. The first-order chi connectivity index (χ1) is 15.6. The predicted molar refractivity (Wildman–Crippen MR) is 152 cm³/mol. The smallest absolute Gasteiger partial charge is 0.0827 e. The van der Waals surface area contributed by atoms with E-state index in [2.05, 4.69) is 96.1 Å². The Morgan fingerprint density at radius 2 is 0.818 bits per heavy atom. The first-order valence-corrected chi connectivity index (χ1v) is 13.8. The summed E-state index contributed by atoms with van der Waals surface area (Å²) in [5, 5.41) is 0.546. The van der Waals surface area contributed by atoms with Crippen LogP contribution in [0.1, 0.15) is 33.4 Å². The minimum atomic E-state index is 0.546. The van der Waals surface area contributed by atoms with Crippen molar-refractivity contribution in [3.63, 3.8) is 0 Å². The van der Waals surface area contributed by atoms with Gasteiger partial charge in [-0.1, -0.05) is 76.7 Å². The molecule has 0 amide bonds. The molecule has 0 aliphatic heterocycles. The van der Waals surface area contributed by atoms with Crippen LogP contribution < -0.4 is 0 Å². The van der Waals surface area contributed by atoms with E-state index in [1.165, 1.54) is 54.9 Å². The summed E-state index contributed by atoms with van der Waals surface area (Å²) in [6.07, 6.45) is 1.99. The molecule has 0 atom stereocenters. The summed E-state index contributed by atoms with van der Waals surface area (Å²) in [5.41, 5.74) is 7.42. The van der Waals surface area contributed by atoms with Crippen LogP contribution in [-0.4, -0.2) is 0 Å². The third-order valence-electron chi connectivity index (χ3n) is 4.66. The molecule has 0 heterocycles. The number of allylic oxidation sites excluding steroid dienone is 2. The number of rotatable bonds is 7. The minimum Gasteiger partial charge on any atom is -0.0827 e. The molecule has 172 valence electrons. The Morgan fingerprint density at radius 1 is 0.515 bits per heavy atom. The van der Waals surface area contributed by atoms with Gasteiger partial charge in [-0.3, -0.25) is 0 Å². The van der Waals surface area contributed by atoms with Crippen LogP contribution in [0.2, 0.25) is 0 Å². The van der Waals surface area contributed by atoms with E-state index >= 15 is 0 Å². The quantitative estimate of drug-likeness (QED) is 0.220. The average Bonchev–Trinajstić information content (AvgIpc) is 2.65. The van der Waals surface area contributed by atoms with Gasteiger partial charge in [0.2, 0.25) is 0 Å². The zero-order valence-electron chi connectivity index (χ0n) is 19.8. The Kier molecular flexibility index (Phi) is 9.55. The van der Waals surface area contributed by atoms with E-state index < -0.39 is 0 Å². The van der Waals surface area contributed by atoms with Gasteiger partial charge in [0.1, 0.15) is 0 Å². The summed E-state index contributed by atoms with van der Waals surface area (Å²) in [6.45, 7) is 12.7. The summed E-state index contributed by atoms with van der Waals surface area (Å²) >= 11 is 18.3. The first kappa shape index (κ1) is 26.4. The Morgan fingerprint density at radius 3 is 1.15 bits per heavy atom. The molecule has 0 bridgehead atoms. The highest BCUT2D eigenvalue weighted by Crippen LogP contribution is 2.43. The summed E-state index contributed by atoms with van der Waals surface area (Å²) in [7, 11) is 0. The molecule has 0 saturated heterocycles. The average molecular weight is 532 g/mol. The molecule has 0 nitrogen and oxygen atoms in total. The lowest BCUT2D eigenvalue weighted by Crippen LogP contribution is -1.84. The van der Waals surface area contributed by atoms with Gasteiger partial charge in [-0.15, -0.1) is 0 Å². The predicted octanol–water partition coefficient (Wildman–Crippen LogP) is 10.7. The van der Waals surface area contributed by atoms with Crippen LogP contribution in [0.25, 0.3) is 0 Å². The van der Waals surface area contributed by atoms with Gasteiger partial charge in [0.25, 0.3) is 0 Å². The molecular formula is C28H28Cl2S3. The van der Waals surface area contributed by atoms with E-state index in [-0.39, 0.29) is 0 Å². The molecule has 0 aliphatic carbocycles. The van der Waals surface area contributed by atoms with Crippen molar-refractivity contribution >= 4 is 58.5 Å². The third-order valence-corrected chi connectivity index (χ3v) is 8.56. The van der Waals surface area contributed by atoms with Gasteiger partial charge in [0.15, 0.2) is 0 Å². The number of hydrogen-bond acceptors (Lipinski definition) is 3. The van der Waals surface area contributed by atoms with Crippen molar-refractivity contribution in [3.05, 3.63) is 108 Å². The Hall–Kier alpha value is -1.23. The summed E-state index contributed by atoms with van der Waals surface area (Å²) in [6, 6.07) is 19.6. The van der Waals surface area contributed by atoms with Crippen molar-refractivity contribution in [1.82, 2.24) is 0 Å². The zero-order chi connectivity index (χ0) is 24.1. The second-order valence-electron chi connectivity index (χ2n) is 8.36. The van der Waals surface area contributed by atoms with Gasteiger partial charge in [-0.2, -0.15) is 0 Å². The molecule has 0 aliphatic rings. The Balaban J connectivity index is 1.95. The molecule has 0 saturated carbocycles. The monoisotopic (exact) mass is 530 g/mol. The van der Waals surface area contributed by atoms with Crippen LogP contribution in [0.4, 0.5) is 0 Å². The molecule has 0 spiro atoms. The fourth-order valence-electron chi connectivity index (χ4n) is 3.60. The van der Waals surface area contributed by atoms with Crippen molar-refractivity contribution in [2.45, 2.75) is 56.2 Å². The summed E-state index contributed by atoms with van der Waals surface area (Å²) in [4.78, 5) is 3.48. The lowest BCUT2D eigenvalue weighted by atomic mass is 10.2. The standard InChI is InChI=1S/C28H28Cl2S3/c1-17-7-18(2)11-23(10-17)31-27(32-24-12-19(3)8-20(4)13-24)16-26(29)28(30)33-25-14-21(5)9-22(6)15-25/h7-16H,1-6H3/b28-26-. The lowest BCUT2D eigenvalue weighted by molar-refractivity contribution is 1.29. The molecular weight excluding hydrogens is 503 g/mol. The van der Waals surface area contributed by atoms with Gasteiger partial charge in [0.05, 0.1) is 13.6 Å². The van der Waals surface area contributed by atoms with E-state index in [0.29, 0.717) is 9.40 Å². The summed E-state index contributed by atoms with van der Waals surface area (Å²) < 4.78 is 1.65. The van der Waals surface area contributed by atoms with Crippen LogP contribution in [0, 0.1) is 41.5 Å². The first-order valence-electron chi connectivity index (χ1n) is 10.6. The maximum absolute atomic E-state index is 6.74. The van der Waals surface area contributed by atoms with Crippen molar-refractivity contribution in [2.24, 2.45) is 0 Å². The zero-order valence-corrected chi connectivity index (χ0v) is 23.7. The van der Waals surface area contributed by atoms with Crippen LogP contribution in [-0.2, 0) is 0 Å². The molecule has 3 aromatic carbocycles. The second kappa shape index (κ2) is 12.0. The molecule has 5 heteroatoms. The highest BCUT2D eigenvalue weighted by molar-refractivity contribution is 8.22. The fraction of sp³-hybridized carbons (Fsp3) is 0.214. The van der Waals surface area contributed by atoms with Gasteiger partial charge >= 0.3 is 0 Å². The van der Waals surface area contributed by atoms with E-state index in [4.69, 9.17) is 23.2 Å². The van der Waals surface area contributed by atoms with E-state index in [1.54, 1.807) is 23.5 Å². The number of hydrogen-bond donors (Lipinski definition) is 0. The van der Waals surface area contributed by atoms with Gasteiger partial charge < -0.3 is 0 Å². The minimum absolute atomic E-state index is 0.546. The van der Waals surface area contributed by atoms with Crippen LogP contribution in [0.5, 0.6) is 0 Å². The molecule has 33 heavy (non-hydrogen) atoms. The molecule has 3 rings (SSSR count). The topological polar surface area (TPSA) is 0 Å². The molecule has 0 unspecified atom stereocenters. The molecule has 0 N–H and O–H groups in total. The highest BCUT2D eigenvalue weighted by Gasteiger charge is 2.10. The largest absolute Gasteiger partial charge is 0.0969 e. The Labute approximate surface area is 221 Å². The van der Waals surface area contributed by atoms with Crippen molar-refractivity contribution in [3.8, 4) is 0 Å². The second-order valence-corrected chi connectivity index (χ2v) is 12.9. The van der Waals surface area contributed by atoms with Gasteiger partial charge in [-0.25, -0.2) is 0 Å². The normalized spacial score (nSPS) is 11.9. The third kappa shape index (κ3) is 8.49. The van der Waals surface area contributed by atoms with Crippen LogP contribution in [0.3, 0.4) is 0 Å². The number of halogens is 2. The van der Waals surface area contributed by atoms with Crippen molar-refractivity contribution in [2.75, 3.05) is 0 Å². The van der Waals surface area contributed by atoms with Crippen LogP contribution >= 0.6 is 58.5 Å². The van der Waals surface area contributed by atoms with Crippen LogP contribution in [0.15, 0.2) is 89.0 Å². The maximum atomic E-state index is 6.74. The van der Waals surface area contributed by atoms with Crippen molar-refractivity contribution in [1.29, 1.82) is 0 Å². The van der Waals surface area contributed by atoms with Gasteiger partial charge in [0, 0.05) is 14.7 Å². The molecule has 0 aromatic heterocycles. The molecule has 0 radical (unpaired) electrons. The van der Waals surface area contributed by atoms with Gasteiger partial charge in [-0.05, 0) is 117 Å². The van der Waals surface area contributed by atoms with E-state index in [1.807, 2.05) is 6.08 Å².